The van der Waals surface area contributed by atoms with E-state index in [4.69, 9.17) is 13.9 Å². The molecule has 1 aliphatic heterocycles. The maximum absolute atomic E-state index is 11.8. The first-order chi connectivity index (χ1) is 14.6. The van der Waals surface area contributed by atoms with Crippen LogP contribution >= 0.6 is 0 Å². The van der Waals surface area contributed by atoms with E-state index < -0.39 is 15.4 Å². The lowest BCUT2D eigenvalue weighted by molar-refractivity contribution is -0.144. The molecule has 184 valence electrons. The van der Waals surface area contributed by atoms with Crippen LogP contribution in [0.25, 0.3) is 0 Å². The predicted molar refractivity (Wildman–Crippen MR) is 137 cm³/mol. The van der Waals surface area contributed by atoms with Gasteiger partial charge >= 0.3 is 11.9 Å². The van der Waals surface area contributed by atoms with Crippen molar-refractivity contribution >= 4 is 27.4 Å². The van der Waals surface area contributed by atoms with Crippen molar-refractivity contribution in [1.29, 1.82) is 0 Å². The first kappa shape index (κ1) is 28.8. The molecular weight excluding hydrogens is 436 g/mol. The summed E-state index contributed by atoms with van der Waals surface area (Å²) >= 11 is 0. The molecule has 1 fully saturated rings. The van der Waals surface area contributed by atoms with Crippen LogP contribution in [0.3, 0.4) is 0 Å². The molecule has 2 atom stereocenters. The lowest BCUT2D eigenvalue weighted by Crippen LogP contribution is -2.65. The molecule has 1 rings (SSSR count). The molecule has 0 N–H and O–H groups in total. The second kappa shape index (κ2) is 11.8. The highest BCUT2D eigenvalue weighted by Crippen LogP contribution is 2.44. The Morgan fingerprint density at radius 1 is 0.906 bits per heavy atom. The summed E-state index contributed by atoms with van der Waals surface area (Å²) in [6.45, 7) is 24.3. The van der Waals surface area contributed by atoms with E-state index in [1.54, 1.807) is 13.8 Å². The van der Waals surface area contributed by atoms with Gasteiger partial charge in [0, 0.05) is 11.1 Å². The summed E-state index contributed by atoms with van der Waals surface area (Å²) in [5, 5.41) is 0. The van der Waals surface area contributed by atoms with E-state index in [9.17, 15) is 9.59 Å². The van der Waals surface area contributed by atoms with Gasteiger partial charge in [-0.1, -0.05) is 32.3 Å². The number of ether oxygens (including phenoxy) is 2. The molecule has 0 spiro atoms. The molecule has 5 nitrogen and oxygen atoms in total. The average Bonchev–Trinajstić information content (AvgIpc) is 2.64. The van der Waals surface area contributed by atoms with Crippen molar-refractivity contribution in [3.63, 3.8) is 0 Å². The molecule has 0 saturated carbocycles. The number of esters is 2. The summed E-state index contributed by atoms with van der Waals surface area (Å²) in [6, 6.07) is 1.30. The molecule has 1 saturated heterocycles. The maximum atomic E-state index is 11.8. The lowest BCUT2D eigenvalue weighted by atomic mass is 9.87. The number of hydrogen-bond donors (Lipinski definition) is 0. The third kappa shape index (κ3) is 8.63. The smallest absolute Gasteiger partial charge is 0.333 e. The van der Waals surface area contributed by atoms with E-state index in [0.29, 0.717) is 11.1 Å². The van der Waals surface area contributed by atoms with Gasteiger partial charge in [-0.2, -0.15) is 0 Å². The summed E-state index contributed by atoms with van der Waals surface area (Å²) in [5.74, 6) is -0.638. The fraction of sp³-hybridized carbons (Fsp3) is 0.760. The minimum absolute atomic E-state index is 0.117. The summed E-state index contributed by atoms with van der Waals surface area (Å²) in [6.07, 6.45) is 6.34. The fourth-order valence-electron chi connectivity index (χ4n) is 4.16. The number of rotatable bonds is 12. The monoisotopic (exact) mass is 482 g/mol. The zero-order valence-electron chi connectivity index (χ0n) is 21.8. The van der Waals surface area contributed by atoms with Gasteiger partial charge in [0.05, 0.1) is 25.4 Å². The highest BCUT2D eigenvalue weighted by molar-refractivity contribution is 7.38. The molecule has 1 aliphatic rings. The van der Waals surface area contributed by atoms with Gasteiger partial charge in [0.1, 0.15) is 0 Å². The molecule has 32 heavy (non-hydrogen) atoms. The van der Waals surface area contributed by atoms with Crippen LogP contribution in [0.1, 0.15) is 72.6 Å². The summed E-state index contributed by atoms with van der Waals surface area (Å²) < 4.78 is 18.0. The van der Waals surface area contributed by atoms with Gasteiger partial charge < -0.3 is 13.9 Å². The van der Waals surface area contributed by atoms with E-state index in [2.05, 4.69) is 39.3 Å². The van der Waals surface area contributed by atoms with E-state index in [1.807, 2.05) is 13.8 Å². The molecule has 0 aliphatic carbocycles. The zero-order chi connectivity index (χ0) is 24.7. The standard InChI is InChI=1S/C25H46O5Si2/c1-19(2)23(26)28-21(5)13-11-15-25(17-18-31(7,8)32(9,10)30-25)16-12-14-22(6)29-24(27)20(3)4/h21-22H,1,3,11-18H2,2,4-10H3. The summed E-state index contributed by atoms with van der Waals surface area (Å²) in [7, 11) is -3.08. The Bertz CT molecular complexity index is 658. The number of carbonyl (C=O) groups excluding carboxylic acids is 2. The molecule has 0 aromatic heterocycles. The first-order valence-electron chi connectivity index (χ1n) is 12.0. The van der Waals surface area contributed by atoms with Crippen LogP contribution in [0.5, 0.6) is 0 Å². The van der Waals surface area contributed by atoms with Gasteiger partial charge in [-0.25, -0.2) is 9.59 Å². The predicted octanol–water partition coefficient (Wildman–Crippen LogP) is 6.49. The van der Waals surface area contributed by atoms with E-state index in [1.165, 1.54) is 6.04 Å². The third-order valence-corrected chi connectivity index (χ3v) is 23.6. The molecule has 2 unspecified atom stereocenters. The van der Waals surface area contributed by atoms with Crippen LogP contribution in [-0.4, -0.2) is 45.2 Å². The molecule has 0 aromatic carbocycles. The van der Waals surface area contributed by atoms with Crippen molar-refractivity contribution < 1.29 is 23.5 Å². The highest BCUT2D eigenvalue weighted by atomic mass is 29.3. The second-order valence-corrected chi connectivity index (χ2v) is 26.1. The van der Waals surface area contributed by atoms with Gasteiger partial charge in [-0.15, -0.1) is 0 Å². The van der Waals surface area contributed by atoms with Gasteiger partial charge in [-0.05, 0) is 85.7 Å². The van der Waals surface area contributed by atoms with Crippen molar-refractivity contribution in [1.82, 2.24) is 0 Å². The van der Waals surface area contributed by atoms with Crippen molar-refractivity contribution in [3.05, 3.63) is 24.3 Å². The fourth-order valence-corrected chi connectivity index (χ4v) is 11.2. The number of carbonyl (C=O) groups is 2. The molecule has 1 heterocycles. The van der Waals surface area contributed by atoms with E-state index in [0.717, 1.165) is 44.9 Å². The maximum Gasteiger partial charge on any atom is 0.333 e. The van der Waals surface area contributed by atoms with Crippen LogP contribution < -0.4 is 0 Å². The molecule has 0 amide bonds. The lowest BCUT2D eigenvalue weighted by Gasteiger charge is -2.52. The molecule has 0 aromatic rings. The van der Waals surface area contributed by atoms with Crippen LogP contribution in [-0.2, 0) is 23.5 Å². The van der Waals surface area contributed by atoms with Gasteiger partial charge in [0.2, 0.25) is 0 Å². The summed E-state index contributed by atoms with van der Waals surface area (Å²) in [5.41, 5.74) is 0.754. The van der Waals surface area contributed by atoms with Crippen molar-refractivity contribution in [3.8, 4) is 0 Å². The Morgan fingerprint density at radius 3 is 1.66 bits per heavy atom. The normalized spacial score (nSPS) is 23.6. The third-order valence-electron chi connectivity index (χ3n) is 7.11. The van der Waals surface area contributed by atoms with Crippen molar-refractivity contribution in [2.24, 2.45) is 0 Å². The SMILES string of the molecule is C=C(C)C(=O)OC(C)CCCC1(CCCC(C)OC(=O)C(=C)C)CC[Si](C)(C)[Si](C)(C)O1. The Kier molecular flexibility index (Phi) is 10.6. The quantitative estimate of drug-likeness (QED) is 0.181. The van der Waals surface area contributed by atoms with E-state index >= 15 is 0 Å². The zero-order valence-corrected chi connectivity index (χ0v) is 23.8. The largest absolute Gasteiger partial charge is 0.459 e. The van der Waals surface area contributed by atoms with Crippen LogP contribution in [0.15, 0.2) is 24.3 Å². The minimum atomic E-state index is -1.75. The average molecular weight is 483 g/mol. The Hall–Kier alpha value is -1.19. The Morgan fingerprint density at radius 2 is 1.31 bits per heavy atom. The second-order valence-electron chi connectivity index (χ2n) is 11.0. The van der Waals surface area contributed by atoms with Gasteiger partial charge in [0.25, 0.3) is 0 Å². The molecule has 0 bridgehead atoms. The van der Waals surface area contributed by atoms with Crippen molar-refractivity contribution in [2.45, 2.75) is 123 Å². The molecular formula is C25H46O5Si2. The van der Waals surface area contributed by atoms with E-state index in [-0.39, 0.29) is 29.7 Å². The molecule has 7 heteroatoms. The number of hydrogen-bond acceptors (Lipinski definition) is 5. The van der Waals surface area contributed by atoms with Crippen LogP contribution in [0.4, 0.5) is 0 Å². The molecule has 0 radical (unpaired) electrons. The van der Waals surface area contributed by atoms with Gasteiger partial charge in [-0.3, -0.25) is 0 Å². The first-order valence-corrected chi connectivity index (χ1v) is 19.2. The minimum Gasteiger partial charge on any atom is -0.459 e. The summed E-state index contributed by atoms with van der Waals surface area (Å²) in [4.78, 5) is 23.6. The Labute approximate surface area is 197 Å². The van der Waals surface area contributed by atoms with Crippen LogP contribution in [0.2, 0.25) is 32.2 Å². The van der Waals surface area contributed by atoms with Crippen LogP contribution in [0, 0.1) is 0 Å². The topological polar surface area (TPSA) is 61.8 Å². The Balaban J connectivity index is 2.74. The highest BCUT2D eigenvalue weighted by Gasteiger charge is 2.52. The van der Waals surface area contributed by atoms with Gasteiger partial charge in [0.15, 0.2) is 7.83 Å². The van der Waals surface area contributed by atoms with Crippen molar-refractivity contribution in [2.75, 3.05) is 0 Å².